The summed E-state index contributed by atoms with van der Waals surface area (Å²) in [5, 5.41) is 6.96. The Morgan fingerprint density at radius 1 is 1.40 bits per heavy atom. The van der Waals surface area contributed by atoms with Crippen LogP contribution in [0.15, 0.2) is 36.7 Å². The first-order valence-corrected chi connectivity index (χ1v) is 8.41. The average molecular weight is 342 g/mol. The van der Waals surface area contributed by atoms with Crippen LogP contribution in [0.5, 0.6) is 5.75 Å². The molecule has 0 aliphatic carbocycles. The number of nitrogens with zero attached hydrogens (tertiary/aromatic N) is 3. The van der Waals surface area contributed by atoms with E-state index in [-0.39, 0.29) is 11.8 Å². The molecule has 1 fully saturated rings. The molecule has 132 valence electrons. The van der Waals surface area contributed by atoms with Crippen molar-refractivity contribution < 1.29 is 14.3 Å². The lowest BCUT2D eigenvalue weighted by molar-refractivity contribution is -0.118. The molecule has 0 saturated carbocycles. The third-order valence-electron chi connectivity index (χ3n) is 4.23. The summed E-state index contributed by atoms with van der Waals surface area (Å²) in [7, 11) is 1.58. The highest BCUT2D eigenvalue weighted by atomic mass is 16.5. The fraction of sp³-hybridized carbons (Fsp3) is 0.389. The van der Waals surface area contributed by atoms with E-state index in [1.165, 1.54) is 6.20 Å². The Kier molecular flexibility index (Phi) is 5.02. The maximum Gasteiger partial charge on any atom is 0.255 e. The predicted molar refractivity (Wildman–Crippen MR) is 93.7 cm³/mol. The average Bonchev–Trinajstić information content (AvgIpc) is 3.23. The molecule has 2 amide bonds. The van der Waals surface area contributed by atoms with Crippen molar-refractivity contribution in [3.63, 3.8) is 0 Å². The third kappa shape index (κ3) is 3.50. The molecule has 0 bridgehead atoms. The van der Waals surface area contributed by atoms with E-state index in [0.29, 0.717) is 24.3 Å². The van der Waals surface area contributed by atoms with Crippen LogP contribution in [0.1, 0.15) is 30.1 Å². The minimum atomic E-state index is -0.535. The van der Waals surface area contributed by atoms with Gasteiger partial charge in [0.25, 0.3) is 5.91 Å². The Morgan fingerprint density at radius 3 is 2.96 bits per heavy atom. The lowest BCUT2D eigenvalue weighted by atomic mass is 10.2. The van der Waals surface area contributed by atoms with Crippen LogP contribution >= 0.6 is 0 Å². The van der Waals surface area contributed by atoms with Crippen molar-refractivity contribution in [1.29, 1.82) is 0 Å². The van der Waals surface area contributed by atoms with E-state index >= 15 is 0 Å². The molecule has 7 nitrogen and oxygen atoms in total. The summed E-state index contributed by atoms with van der Waals surface area (Å²) in [6.07, 6.45) is 4.74. The van der Waals surface area contributed by atoms with Crippen molar-refractivity contribution in [2.75, 3.05) is 18.6 Å². The molecule has 1 aromatic heterocycles. The van der Waals surface area contributed by atoms with Gasteiger partial charge in [0.2, 0.25) is 5.91 Å². The molecule has 1 atom stereocenters. The lowest BCUT2D eigenvalue weighted by Crippen LogP contribution is -2.41. The topological polar surface area (TPSA) is 76.5 Å². The molecule has 1 aromatic carbocycles. The van der Waals surface area contributed by atoms with Gasteiger partial charge >= 0.3 is 0 Å². The van der Waals surface area contributed by atoms with Gasteiger partial charge in [-0.3, -0.25) is 14.3 Å². The molecule has 1 saturated heterocycles. The number of amides is 2. The molecule has 0 radical (unpaired) electrons. The van der Waals surface area contributed by atoms with E-state index in [0.717, 1.165) is 18.7 Å². The summed E-state index contributed by atoms with van der Waals surface area (Å²) in [5.74, 6) is 0.241. The zero-order chi connectivity index (χ0) is 17.8. The van der Waals surface area contributed by atoms with Gasteiger partial charge in [-0.15, -0.1) is 0 Å². The highest BCUT2D eigenvalue weighted by Gasteiger charge is 2.35. The Morgan fingerprint density at radius 2 is 2.20 bits per heavy atom. The van der Waals surface area contributed by atoms with Crippen molar-refractivity contribution in [3.8, 4) is 5.75 Å². The van der Waals surface area contributed by atoms with E-state index in [9.17, 15) is 9.59 Å². The largest absolute Gasteiger partial charge is 0.495 e. The molecule has 2 heterocycles. The molecule has 1 N–H and O–H groups in total. The summed E-state index contributed by atoms with van der Waals surface area (Å²) < 4.78 is 7.05. The monoisotopic (exact) mass is 342 g/mol. The van der Waals surface area contributed by atoms with E-state index < -0.39 is 6.04 Å². The summed E-state index contributed by atoms with van der Waals surface area (Å²) in [6.45, 7) is 3.35. The van der Waals surface area contributed by atoms with Gasteiger partial charge in [0.05, 0.1) is 24.6 Å². The molecule has 7 heteroatoms. The maximum atomic E-state index is 12.7. The Labute approximate surface area is 146 Å². The van der Waals surface area contributed by atoms with Crippen molar-refractivity contribution >= 4 is 17.5 Å². The third-order valence-corrected chi connectivity index (χ3v) is 4.23. The van der Waals surface area contributed by atoms with Gasteiger partial charge in [0.1, 0.15) is 11.8 Å². The molecule has 2 aromatic rings. The van der Waals surface area contributed by atoms with Crippen LogP contribution in [0.25, 0.3) is 0 Å². The van der Waals surface area contributed by atoms with Crippen LogP contribution in [-0.4, -0.2) is 41.3 Å². The Hall–Kier alpha value is -2.83. The van der Waals surface area contributed by atoms with E-state index in [1.807, 2.05) is 31.2 Å². The van der Waals surface area contributed by atoms with Crippen LogP contribution < -0.4 is 15.0 Å². The van der Waals surface area contributed by atoms with E-state index in [4.69, 9.17) is 4.74 Å². The second-order valence-corrected chi connectivity index (χ2v) is 5.97. The SMILES string of the molecule is CCCn1cc(C(=O)N[C@@H]2CCN(c3ccccc3OC)C2=O)cn1. The number of benzene rings is 1. The van der Waals surface area contributed by atoms with Gasteiger partial charge in [0, 0.05) is 19.3 Å². The van der Waals surface area contributed by atoms with Crippen LogP contribution in [-0.2, 0) is 11.3 Å². The van der Waals surface area contributed by atoms with E-state index in [2.05, 4.69) is 10.4 Å². The zero-order valence-electron chi connectivity index (χ0n) is 14.4. The van der Waals surface area contributed by atoms with Crippen molar-refractivity contribution in [2.45, 2.75) is 32.4 Å². The number of carbonyl (C=O) groups is 2. The molecule has 0 spiro atoms. The molecule has 1 aliphatic rings. The first-order chi connectivity index (χ1) is 12.1. The van der Waals surface area contributed by atoms with Crippen LogP contribution in [0, 0.1) is 0 Å². The summed E-state index contributed by atoms with van der Waals surface area (Å²) in [6, 6.07) is 6.84. The maximum absolute atomic E-state index is 12.7. The summed E-state index contributed by atoms with van der Waals surface area (Å²) in [4.78, 5) is 26.7. The number of methoxy groups -OCH3 is 1. The number of hydrogen-bond acceptors (Lipinski definition) is 4. The smallest absolute Gasteiger partial charge is 0.255 e. The molecule has 1 aliphatic heterocycles. The van der Waals surface area contributed by atoms with Crippen LogP contribution in [0.4, 0.5) is 5.69 Å². The summed E-state index contributed by atoms with van der Waals surface area (Å²) >= 11 is 0. The highest BCUT2D eigenvalue weighted by molar-refractivity contribution is 6.04. The number of para-hydroxylation sites is 2. The quantitative estimate of drug-likeness (QED) is 0.869. The number of aryl methyl sites for hydroxylation is 1. The molecular formula is C18H22N4O3. The second kappa shape index (κ2) is 7.38. The van der Waals surface area contributed by atoms with Gasteiger partial charge in [-0.2, -0.15) is 5.10 Å². The number of aromatic nitrogens is 2. The van der Waals surface area contributed by atoms with Gasteiger partial charge < -0.3 is 15.0 Å². The van der Waals surface area contributed by atoms with E-state index in [1.54, 1.807) is 22.9 Å². The molecular weight excluding hydrogens is 320 g/mol. The van der Waals surface area contributed by atoms with Gasteiger partial charge in [-0.05, 0) is 25.0 Å². The standard InChI is InChI=1S/C18H22N4O3/c1-3-9-21-12-13(11-19-21)17(23)20-14-8-10-22(18(14)24)15-6-4-5-7-16(15)25-2/h4-7,11-12,14H,3,8-10H2,1-2H3,(H,20,23)/t14-/m1/s1. The normalized spacial score (nSPS) is 17.0. The number of anilines is 1. The number of carbonyl (C=O) groups excluding carboxylic acids is 2. The molecule has 3 rings (SSSR count). The lowest BCUT2D eigenvalue weighted by Gasteiger charge is -2.19. The van der Waals surface area contributed by atoms with Crippen LogP contribution in [0.2, 0.25) is 0 Å². The van der Waals surface area contributed by atoms with Crippen molar-refractivity contribution in [3.05, 3.63) is 42.2 Å². The fourth-order valence-corrected chi connectivity index (χ4v) is 2.98. The first-order valence-electron chi connectivity index (χ1n) is 8.41. The number of hydrogen-bond donors (Lipinski definition) is 1. The van der Waals surface area contributed by atoms with Gasteiger partial charge in [-0.1, -0.05) is 19.1 Å². The van der Waals surface area contributed by atoms with Gasteiger partial charge in [-0.25, -0.2) is 0 Å². The predicted octanol–water partition coefficient (Wildman–Crippen LogP) is 1.84. The fourth-order valence-electron chi connectivity index (χ4n) is 2.98. The first kappa shape index (κ1) is 17.0. The Bertz CT molecular complexity index is 771. The van der Waals surface area contributed by atoms with Crippen molar-refractivity contribution in [1.82, 2.24) is 15.1 Å². The van der Waals surface area contributed by atoms with Crippen molar-refractivity contribution in [2.24, 2.45) is 0 Å². The molecule has 0 unspecified atom stereocenters. The number of rotatable bonds is 6. The summed E-state index contributed by atoms with van der Waals surface area (Å²) in [5.41, 5.74) is 1.19. The van der Waals surface area contributed by atoms with Crippen LogP contribution in [0.3, 0.4) is 0 Å². The minimum Gasteiger partial charge on any atom is -0.495 e. The molecule has 25 heavy (non-hydrogen) atoms. The number of nitrogens with one attached hydrogen (secondary N) is 1. The Balaban J connectivity index is 1.68. The minimum absolute atomic E-state index is 0.126. The number of ether oxygens (including phenoxy) is 1. The zero-order valence-corrected chi connectivity index (χ0v) is 14.4. The highest BCUT2D eigenvalue weighted by Crippen LogP contribution is 2.31. The van der Waals surface area contributed by atoms with Gasteiger partial charge in [0.15, 0.2) is 0 Å². The second-order valence-electron chi connectivity index (χ2n) is 5.97.